The molecule has 1 atom stereocenters. The number of hydrogen-bond acceptors (Lipinski definition) is 1. The molecule has 0 fully saturated rings. The molecule has 0 aliphatic carbocycles. The van der Waals surface area contributed by atoms with Crippen LogP contribution in [-0.4, -0.2) is 11.8 Å². The SMILES string of the molecule is C=C/C=C(/NC(=O)CC)C(C)C=CCCl. The van der Waals surface area contributed by atoms with Crippen LogP contribution in [0.3, 0.4) is 0 Å². The number of halogens is 1. The molecule has 0 heterocycles. The van der Waals surface area contributed by atoms with Gasteiger partial charge < -0.3 is 5.32 Å². The molecule has 0 aromatic rings. The summed E-state index contributed by atoms with van der Waals surface area (Å²) >= 11 is 5.55. The largest absolute Gasteiger partial charge is 0.329 e. The zero-order valence-electron chi connectivity index (χ0n) is 9.29. The highest BCUT2D eigenvalue weighted by atomic mass is 35.5. The van der Waals surface area contributed by atoms with E-state index in [9.17, 15) is 4.79 Å². The first-order valence-corrected chi connectivity index (χ1v) is 5.54. The van der Waals surface area contributed by atoms with E-state index in [-0.39, 0.29) is 11.8 Å². The molecular formula is C12H18ClNO. The van der Waals surface area contributed by atoms with Gasteiger partial charge in [0.2, 0.25) is 5.91 Å². The Morgan fingerprint density at radius 1 is 1.60 bits per heavy atom. The fraction of sp³-hybridized carbons (Fsp3) is 0.417. The summed E-state index contributed by atoms with van der Waals surface area (Å²) in [5.41, 5.74) is 0.846. The quantitative estimate of drug-likeness (QED) is 0.422. The molecule has 0 aromatic carbocycles. The third-order valence-electron chi connectivity index (χ3n) is 1.91. The average molecular weight is 228 g/mol. The topological polar surface area (TPSA) is 29.1 Å². The van der Waals surface area contributed by atoms with Gasteiger partial charge in [0, 0.05) is 23.9 Å². The molecule has 0 bridgehead atoms. The minimum atomic E-state index is 0.00854. The summed E-state index contributed by atoms with van der Waals surface area (Å²) < 4.78 is 0. The van der Waals surface area contributed by atoms with Crippen molar-refractivity contribution in [3.63, 3.8) is 0 Å². The zero-order valence-corrected chi connectivity index (χ0v) is 10.1. The number of carbonyl (C=O) groups excluding carboxylic acids is 1. The predicted octanol–water partition coefficient (Wildman–Crippen LogP) is 3.01. The number of amides is 1. The van der Waals surface area contributed by atoms with Crippen molar-refractivity contribution in [2.45, 2.75) is 20.3 Å². The van der Waals surface area contributed by atoms with Gasteiger partial charge >= 0.3 is 0 Å². The summed E-state index contributed by atoms with van der Waals surface area (Å²) in [5.74, 6) is 0.624. The van der Waals surface area contributed by atoms with Crippen LogP contribution in [0.25, 0.3) is 0 Å². The van der Waals surface area contributed by atoms with Crippen LogP contribution in [0, 0.1) is 5.92 Å². The number of carbonyl (C=O) groups is 1. The Kier molecular flexibility index (Phi) is 7.74. The second-order valence-electron chi connectivity index (χ2n) is 3.13. The van der Waals surface area contributed by atoms with E-state index in [1.807, 2.05) is 26.0 Å². The molecule has 0 aromatic heterocycles. The summed E-state index contributed by atoms with van der Waals surface area (Å²) in [4.78, 5) is 11.2. The second-order valence-corrected chi connectivity index (χ2v) is 3.44. The molecule has 0 rings (SSSR count). The lowest BCUT2D eigenvalue weighted by molar-refractivity contribution is -0.120. The van der Waals surface area contributed by atoms with E-state index < -0.39 is 0 Å². The molecule has 0 saturated carbocycles. The van der Waals surface area contributed by atoms with Gasteiger partial charge in [-0.05, 0) is 6.08 Å². The van der Waals surface area contributed by atoms with Crippen LogP contribution in [0.2, 0.25) is 0 Å². The molecule has 2 nitrogen and oxygen atoms in total. The Hall–Kier alpha value is -1.02. The molecule has 1 amide bonds. The first kappa shape index (κ1) is 14.0. The van der Waals surface area contributed by atoms with Crippen LogP contribution in [0.15, 0.2) is 36.6 Å². The van der Waals surface area contributed by atoms with Crippen molar-refractivity contribution in [3.8, 4) is 0 Å². The van der Waals surface area contributed by atoms with E-state index >= 15 is 0 Å². The van der Waals surface area contributed by atoms with Crippen molar-refractivity contribution >= 4 is 17.5 Å². The number of alkyl halides is 1. The summed E-state index contributed by atoms with van der Waals surface area (Å²) in [5, 5.41) is 2.83. The predicted molar refractivity (Wildman–Crippen MR) is 65.7 cm³/mol. The monoisotopic (exact) mass is 227 g/mol. The third-order valence-corrected chi connectivity index (χ3v) is 2.08. The maximum atomic E-state index is 11.2. The minimum Gasteiger partial charge on any atom is -0.329 e. The number of nitrogens with one attached hydrogen (secondary N) is 1. The lowest BCUT2D eigenvalue weighted by Gasteiger charge is -2.13. The zero-order chi connectivity index (χ0) is 11.7. The van der Waals surface area contributed by atoms with Gasteiger partial charge in [-0.15, -0.1) is 11.6 Å². The lowest BCUT2D eigenvalue weighted by Crippen LogP contribution is -2.24. The Morgan fingerprint density at radius 3 is 2.73 bits per heavy atom. The van der Waals surface area contributed by atoms with Crippen molar-refractivity contribution in [2.24, 2.45) is 5.92 Å². The Labute approximate surface area is 96.7 Å². The van der Waals surface area contributed by atoms with Gasteiger partial charge in [0.1, 0.15) is 0 Å². The Balaban J connectivity index is 4.52. The molecule has 0 aliphatic rings. The van der Waals surface area contributed by atoms with E-state index in [1.54, 1.807) is 12.2 Å². The molecule has 84 valence electrons. The molecule has 0 radical (unpaired) electrons. The van der Waals surface area contributed by atoms with Gasteiger partial charge in [-0.2, -0.15) is 0 Å². The van der Waals surface area contributed by atoms with E-state index in [2.05, 4.69) is 11.9 Å². The van der Waals surface area contributed by atoms with E-state index in [4.69, 9.17) is 11.6 Å². The highest BCUT2D eigenvalue weighted by Gasteiger charge is 2.07. The van der Waals surface area contributed by atoms with Gasteiger partial charge in [-0.3, -0.25) is 4.79 Å². The summed E-state index contributed by atoms with van der Waals surface area (Å²) in [6.45, 7) is 7.43. The fourth-order valence-electron chi connectivity index (χ4n) is 1.04. The van der Waals surface area contributed by atoms with Crippen molar-refractivity contribution < 1.29 is 4.79 Å². The van der Waals surface area contributed by atoms with Crippen LogP contribution in [-0.2, 0) is 4.79 Å². The highest BCUT2D eigenvalue weighted by Crippen LogP contribution is 2.09. The summed E-state index contributed by atoms with van der Waals surface area (Å²) in [6.07, 6.45) is 7.76. The normalized spacial score (nSPS) is 13.9. The fourth-order valence-corrected chi connectivity index (χ4v) is 1.15. The molecule has 1 unspecified atom stereocenters. The van der Waals surface area contributed by atoms with Crippen molar-refractivity contribution in [3.05, 3.63) is 36.6 Å². The highest BCUT2D eigenvalue weighted by molar-refractivity contribution is 6.18. The number of hydrogen-bond donors (Lipinski definition) is 1. The van der Waals surface area contributed by atoms with Gasteiger partial charge in [-0.1, -0.05) is 38.7 Å². The van der Waals surface area contributed by atoms with Crippen LogP contribution in [0.5, 0.6) is 0 Å². The van der Waals surface area contributed by atoms with Crippen molar-refractivity contribution in [1.82, 2.24) is 5.32 Å². The van der Waals surface area contributed by atoms with Gasteiger partial charge in [0.05, 0.1) is 0 Å². The van der Waals surface area contributed by atoms with Crippen LogP contribution >= 0.6 is 11.6 Å². The van der Waals surface area contributed by atoms with E-state index in [1.165, 1.54) is 0 Å². The maximum absolute atomic E-state index is 11.2. The summed E-state index contributed by atoms with van der Waals surface area (Å²) in [6, 6.07) is 0. The molecule has 3 heteroatoms. The summed E-state index contributed by atoms with van der Waals surface area (Å²) in [7, 11) is 0. The third kappa shape index (κ3) is 6.13. The van der Waals surface area contributed by atoms with Crippen LogP contribution in [0.1, 0.15) is 20.3 Å². The first-order chi connectivity index (χ1) is 7.15. The van der Waals surface area contributed by atoms with E-state index in [0.29, 0.717) is 12.3 Å². The average Bonchev–Trinajstić information content (AvgIpc) is 2.24. The Bertz CT molecular complexity index is 269. The smallest absolute Gasteiger partial charge is 0.223 e. The van der Waals surface area contributed by atoms with Crippen molar-refractivity contribution in [2.75, 3.05) is 5.88 Å². The molecule has 0 spiro atoms. The molecule has 0 saturated heterocycles. The molecule has 15 heavy (non-hydrogen) atoms. The van der Waals surface area contributed by atoms with E-state index in [0.717, 1.165) is 5.70 Å². The van der Waals surface area contributed by atoms with Gasteiger partial charge in [-0.25, -0.2) is 0 Å². The molecular weight excluding hydrogens is 210 g/mol. The maximum Gasteiger partial charge on any atom is 0.223 e. The minimum absolute atomic E-state index is 0.00854. The van der Waals surface area contributed by atoms with Gasteiger partial charge in [0.25, 0.3) is 0 Å². The first-order valence-electron chi connectivity index (χ1n) is 5.00. The molecule has 1 N–H and O–H groups in total. The van der Waals surface area contributed by atoms with Crippen LogP contribution < -0.4 is 5.32 Å². The van der Waals surface area contributed by atoms with Gasteiger partial charge in [0.15, 0.2) is 0 Å². The standard InChI is InChI=1S/C12H18ClNO/c1-4-7-11(14-12(15)5-2)10(3)8-6-9-13/h4,6-8,10H,1,5,9H2,2-3H3,(H,14,15)/b8-6?,11-7+. The number of allylic oxidation sites excluding steroid dienone is 4. The second kappa shape index (κ2) is 8.30. The Morgan fingerprint density at radius 2 is 2.27 bits per heavy atom. The van der Waals surface area contributed by atoms with Crippen LogP contribution in [0.4, 0.5) is 0 Å². The molecule has 0 aliphatic heterocycles. The number of rotatable bonds is 6. The lowest BCUT2D eigenvalue weighted by atomic mass is 10.1. The van der Waals surface area contributed by atoms with Crippen molar-refractivity contribution in [1.29, 1.82) is 0 Å².